The molecule has 0 unspecified atom stereocenters. The smallest absolute Gasteiger partial charge is 0.411 e. The zero-order valence-corrected chi connectivity index (χ0v) is 10.2. The van der Waals surface area contributed by atoms with Crippen LogP contribution in [0.15, 0.2) is 24.3 Å². The SMILES string of the molecule is CC(C)COC(=O)Nc1ccc(N)cc1.Cl. The Morgan fingerprint density at radius 1 is 1.38 bits per heavy atom. The molecule has 0 aliphatic carbocycles. The number of halogens is 1. The lowest BCUT2D eigenvalue weighted by atomic mass is 10.2. The summed E-state index contributed by atoms with van der Waals surface area (Å²) in [6.07, 6.45) is -0.437. The molecule has 0 spiro atoms. The van der Waals surface area contributed by atoms with Crippen LogP contribution in [-0.4, -0.2) is 12.7 Å². The first-order chi connectivity index (χ1) is 7.08. The van der Waals surface area contributed by atoms with Crippen molar-refractivity contribution in [2.45, 2.75) is 13.8 Å². The van der Waals surface area contributed by atoms with E-state index in [1.165, 1.54) is 0 Å². The summed E-state index contributed by atoms with van der Waals surface area (Å²) in [7, 11) is 0. The second kappa shape index (κ2) is 6.95. The Hall–Kier alpha value is -1.42. The average Bonchev–Trinajstić information content (AvgIpc) is 2.19. The fraction of sp³-hybridized carbons (Fsp3) is 0.364. The summed E-state index contributed by atoms with van der Waals surface area (Å²) in [4.78, 5) is 11.2. The number of benzene rings is 1. The van der Waals surface area contributed by atoms with Crippen molar-refractivity contribution >= 4 is 29.9 Å². The van der Waals surface area contributed by atoms with E-state index in [1.807, 2.05) is 13.8 Å². The topological polar surface area (TPSA) is 64.3 Å². The maximum Gasteiger partial charge on any atom is 0.411 e. The molecule has 90 valence electrons. The van der Waals surface area contributed by atoms with Crippen molar-refractivity contribution in [3.63, 3.8) is 0 Å². The highest BCUT2D eigenvalue weighted by molar-refractivity contribution is 5.85. The summed E-state index contributed by atoms with van der Waals surface area (Å²) < 4.78 is 4.96. The van der Waals surface area contributed by atoms with E-state index >= 15 is 0 Å². The fourth-order valence-electron chi connectivity index (χ4n) is 0.963. The molecule has 3 N–H and O–H groups in total. The van der Waals surface area contributed by atoms with Gasteiger partial charge in [0.15, 0.2) is 0 Å². The van der Waals surface area contributed by atoms with Crippen LogP contribution in [0.3, 0.4) is 0 Å². The molecule has 0 aliphatic heterocycles. The first kappa shape index (κ1) is 14.6. The molecule has 5 heteroatoms. The number of ether oxygens (including phenoxy) is 1. The Bertz CT molecular complexity index is 325. The molecule has 0 atom stereocenters. The summed E-state index contributed by atoms with van der Waals surface area (Å²) in [5, 5.41) is 2.61. The highest BCUT2D eigenvalue weighted by atomic mass is 35.5. The van der Waals surface area contributed by atoms with Gasteiger partial charge >= 0.3 is 6.09 Å². The van der Waals surface area contributed by atoms with Crippen LogP contribution in [0.25, 0.3) is 0 Å². The standard InChI is InChI=1S/C11H16N2O2.ClH/c1-8(2)7-15-11(14)13-10-5-3-9(12)4-6-10;/h3-6,8H,7,12H2,1-2H3,(H,13,14);1H. The van der Waals surface area contributed by atoms with E-state index in [9.17, 15) is 4.79 Å². The molecule has 1 aromatic rings. The minimum absolute atomic E-state index is 0. The second-order valence-electron chi connectivity index (χ2n) is 3.74. The third kappa shape index (κ3) is 5.46. The summed E-state index contributed by atoms with van der Waals surface area (Å²) in [5.41, 5.74) is 6.85. The molecule has 1 amide bonds. The van der Waals surface area contributed by atoms with Crippen LogP contribution in [0.1, 0.15) is 13.8 Å². The lowest BCUT2D eigenvalue weighted by Crippen LogP contribution is -2.16. The number of hydrogen-bond donors (Lipinski definition) is 2. The molecular weight excluding hydrogens is 228 g/mol. The largest absolute Gasteiger partial charge is 0.449 e. The van der Waals surface area contributed by atoms with Crippen molar-refractivity contribution < 1.29 is 9.53 Å². The number of nitrogens with two attached hydrogens (primary N) is 1. The van der Waals surface area contributed by atoms with Crippen molar-refractivity contribution in [1.29, 1.82) is 0 Å². The van der Waals surface area contributed by atoms with Crippen LogP contribution in [0.4, 0.5) is 16.2 Å². The van der Waals surface area contributed by atoms with Crippen molar-refractivity contribution in [1.82, 2.24) is 0 Å². The van der Waals surface area contributed by atoms with Crippen LogP contribution >= 0.6 is 12.4 Å². The van der Waals surface area contributed by atoms with Gasteiger partial charge in [0.1, 0.15) is 0 Å². The Labute approximate surface area is 102 Å². The predicted octanol–water partition coefficient (Wildman–Crippen LogP) is 2.90. The zero-order chi connectivity index (χ0) is 11.3. The number of amides is 1. The van der Waals surface area contributed by atoms with E-state index in [4.69, 9.17) is 10.5 Å². The first-order valence-corrected chi connectivity index (χ1v) is 4.87. The number of hydrogen-bond acceptors (Lipinski definition) is 3. The van der Waals surface area contributed by atoms with Crippen molar-refractivity contribution in [3.8, 4) is 0 Å². The van der Waals surface area contributed by atoms with E-state index in [0.29, 0.717) is 23.9 Å². The molecule has 1 aromatic carbocycles. The van der Waals surface area contributed by atoms with E-state index in [1.54, 1.807) is 24.3 Å². The Kier molecular flexibility index (Phi) is 6.34. The van der Waals surface area contributed by atoms with E-state index in [-0.39, 0.29) is 12.4 Å². The van der Waals surface area contributed by atoms with Crippen molar-refractivity contribution in [2.24, 2.45) is 5.92 Å². The van der Waals surface area contributed by atoms with Gasteiger partial charge in [0.05, 0.1) is 6.61 Å². The van der Waals surface area contributed by atoms with Gasteiger partial charge in [-0.3, -0.25) is 5.32 Å². The molecule has 0 aliphatic rings. The van der Waals surface area contributed by atoms with Gasteiger partial charge in [0, 0.05) is 11.4 Å². The van der Waals surface area contributed by atoms with Crippen LogP contribution in [0.5, 0.6) is 0 Å². The minimum atomic E-state index is -0.437. The molecule has 0 radical (unpaired) electrons. The predicted molar refractivity (Wildman–Crippen MR) is 67.9 cm³/mol. The maximum absolute atomic E-state index is 11.2. The molecule has 16 heavy (non-hydrogen) atoms. The monoisotopic (exact) mass is 244 g/mol. The molecule has 0 saturated carbocycles. The quantitative estimate of drug-likeness (QED) is 0.804. The van der Waals surface area contributed by atoms with Crippen LogP contribution in [0.2, 0.25) is 0 Å². The molecule has 0 aromatic heterocycles. The van der Waals surface area contributed by atoms with Gasteiger partial charge in [-0.25, -0.2) is 4.79 Å². The van der Waals surface area contributed by atoms with E-state index in [2.05, 4.69) is 5.32 Å². The first-order valence-electron chi connectivity index (χ1n) is 4.87. The van der Waals surface area contributed by atoms with Gasteiger partial charge in [0.25, 0.3) is 0 Å². The number of rotatable bonds is 3. The minimum Gasteiger partial charge on any atom is -0.449 e. The van der Waals surface area contributed by atoms with Crippen LogP contribution in [-0.2, 0) is 4.74 Å². The Morgan fingerprint density at radius 2 is 1.94 bits per heavy atom. The van der Waals surface area contributed by atoms with Crippen LogP contribution < -0.4 is 11.1 Å². The van der Waals surface area contributed by atoms with Gasteiger partial charge in [-0.05, 0) is 30.2 Å². The number of anilines is 2. The fourth-order valence-corrected chi connectivity index (χ4v) is 0.963. The molecule has 0 fully saturated rings. The molecule has 0 heterocycles. The number of nitrogen functional groups attached to an aromatic ring is 1. The lowest BCUT2D eigenvalue weighted by molar-refractivity contribution is 0.147. The van der Waals surface area contributed by atoms with Gasteiger partial charge in [-0.1, -0.05) is 13.8 Å². The highest BCUT2D eigenvalue weighted by Gasteiger charge is 2.03. The Balaban J connectivity index is 0.00000225. The van der Waals surface area contributed by atoms with Crippen molar-refractivity contribution in [3.05, 3.63) is 24.3 Å². The van der Waals surface area contributed by atoms with Gasteiger partial charge in [-0.15, -0.1) is 12.4 Å². The van der Waals surface area contributed by atoms with Gasteiger partial charge in [-0.2, -0.15) is 0 Å². The van der Waals surface area contributed by atoms with E-state index < -0.39 is 6.09 Å². The number of carbonyl (C=O) groups excluding carboxylic acids is 1. The number of carbonyl (C=O) groups is 1. The molecular formula is C11H17ClN2O2. The summed E-state index contributed by atoms with van der Waals surface area (Å²) >= 11 is 0. The lowest BCUT2D eigenvalue weighted by Gasteiger charge is -2.08. The zero-order valence-electron chi connectivity index (χ0n) is 9.40. The second-order valence-corrected chi connectivity index (χ2v) is 3.74. The van der Waals surface area contributed by atoms with Crippen molar-refractivity contribution in [2.75, 3.05) is 17.7 Å². The van der Waals surface area contributed by atoms with Gasteiger partial charge in [0.2, 0.25) is 0 Å². The average molecular weight is 245 g/mol. The third-order valence-corrected chi connectivity index (χ3v) is 1.70. The molecule has 4 nitrogen and oxygen atoms in total. The number of nitrogens with one attached hydrogen (secondary N) is 1. The molecule has 0 bridgehead atoms. The molecule has 0 saturated heterocycles. The van der Waals surface area contributed by atoms with Gasteiger partial charge < -0.3 is 10.5 Å². The van der Waals surface area contributed by atoms with E-state index in [0.717, 1.165) is 0 Å². The summed E-state index contributed by atoms with van der Waals surface area (Å²) in [6.45, 7) is 4.38. The van der Waals surface area contributed by atoms with Crippen LogP contribution in [0, 0.1) is 5.92 Å². The maximum atomic E-state index is 11.2. The normalized spacial score (nSPS) is 9.44. The Morgan fingerprint density at radius 3 is 2.44 bits per heavy atom. The highest BCUT2D eigenvalue weighted by Crippen LogP contribution is 2.10. The third-order valence-electron chi connectivity index (χ3n) is 1.70. The summed E-state index contributed by atoms with van der Waals surface area (Å²) in [6, 6.07) is 6.90. The molecule has 1 rings (SSSR count). The summed E-state index contributed by atoms with van der Waals surface area (Å²) in [5.74, 6) is 0.335.